The van der Waals surface area contributed by atoms with Gasteiger partial charge in [0.05, 0.1) is 24.0 Å². The van der Waals surface area contributed by atoms with Crippen LogP contribution in [0.1, 0.15) is 50.4 Å². The molecule has 29 heavy (non-hydrogen) atoms. The zero-order valence-corrected chi connectivity index (χ0v) is 18.9. The Hall–Kier alpha value is -2.29. The smallest absolute Gasteiger partial charge is 0.345 e. The molecule has 1 fully saturated rings. The number of nitro benzene ring substituents is 2. The molecular weight excluding hydrogens is 392 g/mol. The van der Waals surface area contributed by atoms with Crippen molar-refractivity contribution in [3.8, 4) is 0 Å². The van der Waals surface area contributed by atoms with Gasteiger partial charge >= 0.3 is 5.97 Å². The molecule has 0 radical (unpaired) electrons. The molecule has 0 amide bonds. The molecule has 3 atom stereocenters. The van der Waals surface area contributed by atoms with E-state index in [1.807, 2.05) is 0 Å². The molecule has 1 aliphatic rings. The predicted molar refractivity (Wildman–Crippen MR) is 113 cm³/mol. The van der Waals surface area contributed by atoms with Crippen LogP contribution in [0.15, 0.2) is 18.2 Å². The van der Waals surface area contributed by atoms with E-state index in [-0.39, 0.29) is 22.6 Å². The normalized spacial score (nSPS) is 22.8. The van der Waals surface area contributed by atoms with Crippen LogP contribution in [-0.2, 0) is 4.74 Å². The minimum atomic E-state index is -1.64. The standard InChI is InChI=1S/C20H30N2O6Si/c1-20(2,3)13-7-10-18(29(4,5)6)17(11-13)28-19(23)15-9-8-14(21(24)25)12-16(15)22(26)27/h8-9,12-13,17-18H,7,10-11H2,1-6H3/t13-,17+,18+/m0/s1. The minimum Gasteiger partial charge on any atom is -0.459 e. The minimum absolute atomic E-state index is 0.0778. The monoisotopic (exact) mass is 422 g/mol. The van der Waals surface area contributed by atoms with Crippen LogP contribution < -0.4 is 0 Å². The molecule has 8 nitrogen and oxygen atoms in total. The average Bonchev–Trinajstić information content (AvgIpc) is 2.59. The van der Waals surface area contributed by atoms with Crippen LogP contribution in [0.4, 0.5) is 11.4 Å². The Morgan fingerprint density at radius 3 is 2.21 bits per heavy atom. The third-order valence-electron chi connectivity index (χ3n) is 6.00. The van der Waals surface area contributed by atoms with Crippen LogP contribution in [0.2, 0.25) is 25.2 Å². The van der Waals surface area contributed by atoms with Crippen molar-refractivity contribution in [3.63, 3.8) is 0 Å². The van der Waals surface area contributed by atoms with Gasteiger partial charge in [0.1, 0.15) is 11.7 Å². The van der Waals surface area contributed by atoms with Gasteiger partial charge < -0.3 is 4.74 Å². The molecular formula is C20H30N2O6Si. The summed E-state index contributed by atoms with van der Waals surface area (Å²) in [5.74, 6) is -0.394. The molecule has 1 saturated carbocycles. The van der Waals surface area contributed by atoms with E-state index >= 15 is 0 Å². The highest BCUT2D eigenvalue weighted by Gasteiger charge is 2.43. The molecule has 2 rings (SSSR count). The summed E-state index contributed by atoms with van der Waals surface area (Å²) in [6, 6.07) is 3.02. The number of hydrogen-bond donors (Lipinski definition) is 0. The second-order valence-corrected chi connectivity index (χ2v) is 15.5. The topological polar surface area (TPSA) is 113 Å². The van der Waals surface area contributed by atoms with Crippen molar-refractivity contribution in [2.45, 2.75) is 71.3 Å². The van der Waals surface area contributed by atoms with Crippen LogP contribution in [0.25, 0.3) is 0 Å². The predicted octanol–water partition coefficient (Wildman–Crippen LogP) is 5.58. The third-order valence-corrected chi connectivity index (χ3v) is 8.88. The first-order valence-electron chi connectivity index (χ1n) is 9.85. The first kappa shape index (κ1) is 23.0. The van der Waals surface area contributed by atoms with Gasteiger partial charge in [-0.15, -0.1) is 0 Å². The summed E-state index contributed by atoms with van der Waals surface area (Å²) in [5, 5.41) is 22.3. The first-order chi connectivity index (χ1) is 13.2. The summed E-state index contributed by atoms with van der Waals surface area (Å²) in [4.78, 5) is 33.7. The number of carbonyl (C=O) groups excluding carboxylic acids is 1. The van der Waals surface area contributed by atoms with Crippen molar-refractivity contribution in [3.05, 3.63) is 44.0 Å². The van der Waals surface area contributed by atoms with Crippen molar-refractivity contribution in [2.75, 3.05) is 0 Å². The second kappa shape index (κ2) is 8.21. The number of benzene rings is 1. The number of rotatable bonds is 5. The number of ether oxygens (including phenoxy) is 1. The van der Waals surface area contributed by atoms with Crippen LogP contribution in [0, 0.1) is 31.6 Å². The number of non-ortho nitro benzene ring substituents is 1. The lowest BCUT2D eigenvalue weighted by Gasteiger charge is -2.45. The molecule has 0 spiro atoms. The highest BCUT2D eigenvalue weighted by atomic mass is 28.3. The van der Waals surface area contributed by atoms with Gasteiger partial charge in [0, 0.05) is 6.07 Å². The highest BCUT2D eigenvalue weighted by molar-refractivity contribution is 6.77. The van der Waals surface area contributed by atoms with Gasteiger partial charge in [-0.1, -0.05) is 40.4 Å². The fraction of sp³-hybridized carbons (Fsp3) is 0.650. The first-order valence-corrected chi connectivity index (χ1v) is 13.4. The highest BCUT2D eigenvalue weighted by Crippen LogP contribution is 2.47. The Kier molecular flexibility index (Phi) is 6.51. The molecule has 0 bridgehead atoms. The van der Waals surface area contributed by atoms with Crippen molar-refractivity contribution in [1.82, 2.24) is 0 Å². The molecule has 0 saturated heterocycles. The number of nitro groups is 2. The zero-order valence-electron chi connectivity index (χ0n) is 17.9. The quantitative estimate of drug-likeness (QED) is 0.265. The Labute approximate surface area is 171 Å². The maximum atomic E-state index is 12.9. The van der Waals surface area contributed by atoms with Crippen molar-refractivity contribution < 1.29 is 19.4 Å². The van der Waals surface area contributed by atoms with E-state index in [1.54, 1.807) is 0 Å². The zero-order chi connectivity index (χ0) is 22.1. The van der Waals surface area contributed by atoms with Crippen molar-refractivity contribution >= 4 is 25.4 Å². The molecule has 0 aliphatic heterocycles. The van der Waals surface area contributed by atoms with Gasteiger partial charge in [0.15, 0.2) is 0 Å². The molecule has 1 aromatic carbocycles. The van der Waals surface area contributed by atoms with E-state index in [0.717, 1.165) is 37.5 Å². The van der Waals surface area contributed by atoms with E-state index in [2.05, 4.69) is 40.4 Å². The van der Waals surface area contributed by atoms with Gasteiger partial charge in [0.2, 0.25) is 0 Å². The van der Waals surface area contributed by atoms with Gasteiger partial charge in [-0.3, -0.25) is 20.2 Å². The van der Waals surface area contributed by atoms with Gasteiger partial charge in [-0.05, 0) is 42.2 Å². The number of carbonyl (C=O) groups is 1. The maximum Gasteiger partial charge on any atom is 0.345 e. The summed E-state index contributed by atoms with van der Waals surface area (Å²) >= 11 is 0. The fourth-order valence-electron chi connectivity index (χ4n) is 4.19. The lowest BCUT2D eigenvalue weighted by atomic mass is 9.71. The molecule has 1 aliphatic carbocycles. The molecule has 1 aromatic rings. The molecule has 0 N–H and O–H groups in total. The molecule has 0 unspecified atom stereocenters. The van der Waals surface area contributed by atoms with E-state index in [4.69, 9.17) is 4.74 Å². The van der Waals surface area contributed by atoms with E-state index in [1.165, 1.54) is 0 Å². The van der Waals surface area contributed by atoms with E-state index < -0.39 is 35.3 Å². The molecule has 9 heteroatoms. The SMILES string of the molecule is CC(C)(C)[C@H]1CC[C@@H]([Si](C)(C)C)[C@H](OC(=O)c2ccc([N+](=O)[O-])cc2[N+](=O)[O-])C1. The Balaban J connectivity index is 2.34. The lowest BCUT2D eigenvalue weighted by Crippen LogP contribution is -2.44. The summed E-state index contributed by atoms with van der Waals surface area (Å²) in [7, 11) is -1.64. The van der Waals surface area contributed by atoms with Gasteiger partial charge in [-0.25, -0.2) is 4.79 Å². The van der Waals surface area contributed by atoms with Gasteiger partial charge in [-0.2, -0.15) is 0 Å². The average molecular weight is 423 g/mol. The van der Waals surface area contributed by atoms with Crippen molar-refractivity contribution in [1.29, 1.82) is 0 Å². The van der Waals surface area contributed by atoms with E-state index in [9.17, 15) is 25.0 Å². The van der Waals surface area contributed by atoms with Gasteiger partial charge in [0.25, 0.3) is 11.4 Å². The molecule has 160 valence electrons. The summed E-state index contributed by atoms with van der Waals surface area (Å²) in [6.07, 6.45) is 2.47. The largest absolute Gasteiger partial charge is 0.459 e. The second-order valence-electron chi connectivity index (χ2n) is 10.0. The fourth-order valence-corrected chi connectivity index (χ4v) is 6.55. The molecule has 0 aromatic heterocycles. The summed E-state index contributed by atoms with van der Waals surface area (Å²) in [6.45, 7) is 13.2. The maximum absolute atomic E-state index is 12.9. The van der Waals surface area contributed by atoms with Crippen LogP contribution in [0.5, 0.6) is 0 Å². The number of nitrogens with zero attached hydrogens (tertiary/aromatic N) is 2. The number of esters is 1. The summed E-state index contributed by atoms with van der Waals surface area (Å²) < 4.78 is 5.85. The third kappa shape index (κ3) is 5.40. The molecule has 0 heterocycles. The Bertz CT molecular complexity index is 812. The Morgan fingerprint density at radius 2 is 1.72 bits per heavy atom. The van der Waals surface area contributed by atoms with Crippen LogP contribution in [0.3, 0.4) is 0 Å². The van der Waals surface area contributed by atoms with Crippen LogP contribution >= 0.6 is 0 Å². The lowest BCUT2D eigenvalue weighted by molar-refractivity contribution is -0.394. The van der Waals surface area contributed by atoms with Crippen LogP contribution in [-0.4, -0.2) is 30.0 Å². The summed E-state index contributed by atoms with van der Waals surface area (Å²) in [5.41, 5.74) is -0.931. The Morgan fingerprint density at radius 1 is 1.10 bits per heavy atom. The van der Waals surface area contributed by atoms with Crippen molar-refractivity contribution in [2.24, 2.45) is 11.3 Å². The van der Waals surface area contributed by atoms with E-state index in [0.29, 0.717) is 5.92 Å². The number of hydrogen-bond acceptors (Lipinski definition) is 6.